The van der Waals surface area contributed by atoms with Crippen LogP contribution in [-0.2, 0) is 0 Å². The van der Waals surface area contributed by atoms with E-state index in [0.717, 1.165) is 31.5 Å². The summed E-state index contributed by atoms with van der Waals surface area (Å²) >= 11 is 3.24. The number of aromatic nitrogens is 2. The first-order valence-electron chi connectivity index (χ1n) is 5.88. The predicted octanol–water partition coefficient (Wildman–Crippen LogP) is 2.23. The molecule has 1 aliphatic rings. The molecule has 6 nitrogen and oxygen atoms in total. The van der Waals surface area contributed by atoms with Crippen LogP contribution in [-0.4, -0.2) is 33.5 Å². The maximum Gasteiger partial charge on any atom is 0.404 e. The van der Waals surface area contributed by atoms with Gasteiger partial charge in [0.2, 0.25) is 0 Å². The molecule has 0 bridgehead atoms. The van der Waals surface area contributed by atoms with E-state index in [9.17, 15) is 4.79 Å². The van der Waals surface area contributed by atoms with E-state index >= 15 is 0 Å². The average molecular weight is 315 g/mol. The van der Waals surface area contributed by atoms with Crippen LogP contribution in [0.15, 0.2) is 16.7 Å². The molecule has 0 saturated heterocycles. The van der Waals surface area contributed by atoms with Gasteiger partial charge in [-0.1, -0.05) is 0 Å². The minimum absolute atomic E-state index is 0.0801. The van der Waals surface area contributed by atoms with E-state index < -0.39 is 6.09 Å². The molecule has 3 N–H and O–H groups in total. The van der Waals surface area contributed by atoms with Gasteiger partial charge in [-0.3, -0.25) is 0 Å². The first-order chi connectivity index (χ1) is 8.63. The summed E-state index contributed by atoms with van der Waals surface area (Å²) in [5, 5.41) is 22.4. The number of anilines is 1. The molecule has 1 aromatic heterocycles. The van der Waals surface area contributed by atoms with Crippen molar-refractivity contribution < 1.29 is 9.90 Å². The second-order valence-corrected chi connectivity index (χ2v) is 5.20. The molecule has 1 fully saturated rings. The van der Waals surface area contributed by atoms with Crippen molar-refractivity contribution in [2.24, 2.45) is 0 Å². The normalized spacial score (nSPS) is 23.4. The second-order valence-electron chi connectivity index (χ2n) is 4.38. The first-order valence-corrected chi connectivity index (χ1v) is 6.68. The Balaban J connectivity index is 1.79. The Labute approximate surface area is 113 Å². The molecule has 7 heteroatoms. The molecule has 0 aromatic carbocycles. The second kappa shape index (κ2) is 5.99. The van der Waals surface area contributed by atoms with E-state index in [-0.39, 0.29) is 6.04 Å². The molecule has 1 heterocycles. The monoisotopic (exact) mass is 314 g/mol. The van der Waals surface area contributed by atoms with Crippen LogP contribution in [0.5, 0.6) is 0 Å². The minimum atomic E-state index is -0.940. The Hall–Kier alpha value is -1.37. The summed E-state index contributed by atoms with van der Waals surface area (Å²) in [5.41, 5.74) is 0. The highest BCUT2D eigenvalue weighted by atomic mass is 79.9. The number of carboxylic acid groups (broad SMARTS) is 1. The van der Waals surface area contributed by atoms with Crippen molar-refractivity contribution in [3.63, 3.8) is 0 Å². The van der Waals surface area contributed by atoms with Gasteiger partial charge < -0.3 is 15.7 Å². The van der Waals surface area contributed by atoms with Gasteiger partial charge in [-0.2, -0.15) is 0 Å². The molecule has 0 atom stereocenters. The van der Waals surface area contributed by atoms with E-state index in [0.29, 0.717) is 10.6 Å². The summed E-state index contributed by atoms with van der Waals surface area (Å²) in [7, 11) is 0. The van der Waals surface area contributed by atoms with E-state index in [1.807, 2.05) is 12.1 Å². The van der Waals surface area contributed by atoms with Crippen LogP contribution in [0.2, 0.25) is 0 Å². The third kappa shape index (κ3) is 3.83. The smallest absolute Gasteiger partial charge is 0.404 e. The summed E-state index contributed by atoms with van der Waals surface area (Å²) in [6, 6.07) is 4.13. The van der Waals surface area contributed by atoms with E-state index in [2.05, 4.69) is 36.8 Å². The Morgan fingerprint density at radius 1 is 1.22 bits per heavy atom. The number of carbonyl (C=O) groups is 1. The van der Waals surface area contributed by atoms with Crippen molar-refractivity contribution in [2.45, 2.75) is 37.8 Å². The van der Waals surface area contributed by atoms with Gasteiger partial charge in [0.05, 0.1) is 0 Å². The van der Waals surface area contributed by atoms with Gasteiger partial charge >= 0.3 is 6.09 Å². The van der Waals surface area contributed by atoms with Crippen LogP contribution in [0.25, 0.3) is 0 Å². The number of nitrogens with one attached hydrogen (secondary N) is 2. The van der Waals surface area contributed by atoms with E-state index in [1.54, 1.807) is 0 Å². The third-order valence-electron chi connectivity index (χ3n) is 3.04. The molecular weight excluding hydrogens is 300 g/mol. The van der Waals surface area contributed by atoms with Crippen molar-refractivity contribution in [1.29, 1.82) is 0 Å². The van der Waals surface area contributed by atoms with Crippen LogP contribution in [0, 0.1) is 0 Å². The Bertz CT molecular complexity index is 404. The van der Waals surface area contributed by atoms with Crippen LogP contribution >= 0.6 is 15.9 Å². The summed E-state index contributed by atoms with van der Waals surface area (Å²) in [4.78, 5) is 10.5. The van der Waals surface area contributed by atoms with Gasteiger partial charge in [0.1, 0.15) is 10.4 Å². The molecule has 2 rings (SSSR count). The lowest BCUT2D eigenvalue weighted by Gasteiger charge is -2.29. The Morgan fingerprint density at radius 2 is 1.89 bits per heavy atom. The quantitative estimate of drug-likeness (QED) is 0.796. The molecule has 0 radical (unpaired) electrons. The predicted molar refractivity (Wildman–Crippen MR) is 70.6 cm³/mol. The zero-order valence-electron chi connectivity index (χ0n) is 9.77. The minimum Gasteiger partial charge on any atom is -0.465 e. The van der Waals surface area contributed by atoms with Crippen molar-refractivity contribution in [1.82, 2.24) is 15.5 Å². The fourth-order valence-electron chi connectivity index (χ4n) is 2.16. The van der Waals surface area contributed by atoms with Gasteiger partial charge in [-0.25, -0.2) is 4.79 Å². The molecule has 1 saturated carbocycles. The SMILES string of the molecule is O=C(O)N[C@H]1CC[C@H](Nc2ccc(Br)nn2)CC1. The number of nitrogens with zero attached hydrogens (tertiary/aromatic N) is 2. The number of amides is 1. The zero-order chi connectivity index (χ0) is 13.0. The van der Waals surface area contributed by atoms with E-state index in [4.69, 9.17) is 5.11 Å². The molecule has 1 amide bonds. The molecule has 1 aromatic rings. The maximum absolute atomic E-state index is 10.5. The number of hydrogen-bond donors (Lipinski definition) is 3. The summed E-state index contributed by atoms with van der Waals surface area (Å²) in [6.45, 7) is 0. The van der Waals surface area contributed by atoms with Crippen molar-refractivity contribution in [3.05, 3.63) is 16.7 Å². The molecular formula is C11H15BrN4O2. The number of hydrogen-bond acceptors (Lipinski definition) is 4. The van der Waals surface area contributed by atoms with Crippen LogP contribution in [0.1, 0.15) is 25.7 Å². The highest BCUT2D eigenvalue weighted by Gasteiger charge is 2.22. The van der Waals surface area contributed by atoms with Gasteiger partial charge in [0.25, 0.3) is 0 Å². The largest absolute Gasteiger partial charge is 0.465 e. The van der Waals surface area contributed by atoms with Gasteiger partial charge in [0.15, 0.2) is 0 Å². The van der Waals surface area contributed by atoms with Crippen LogP contribution in [0.3, 0.4) is 0 Å². The Kier molecular flexibility index (Phi) is 4.35. The molecule has 98 valence electrons. The Morgan fingerprint density at radius 3 is 2.44 bits per heavy atom. The van der Waals surface area contributed by atoms with Gasteiger partial charge in [-0.15, -0.1) is 10.2 Å². The van der Waals surface area contributed by atoms with Gasteiger partial charge in [0, 0.05) is 12.1 Å². The van der Waals surface area contributed by atoms with Crippen LogP contribution in [0.4, 0.5) is 10.6 Å². The zero-order valence-corrected chi connectivity index (χ0v) is 11.4. The van der Waals surface area contributed by atoms with E-state index in [1.165, 1.54) is 0 Å². The first kappa shape index (κ1) is 13.1. The lowest BCUT2D eigenvalue weighted by molar-refractivity contribution is 0.185. The van der Waals surface area contributed by atoms with Crippen molar-refractivity contribution in [2.75, 3.05) is 5.32 Å². The average Bonchev–Trinajstić information content (AvgIpc) is 2.34. The summed E-state index contributed by atoms with van der Waals surface area (Å²) in [5.74, 6) is 0.757. The fraction of sp³-hybridized carbons (Fsp3) is 0.545. The fourth-order valence-corrected chi connectivity index (χ4v) is 2.37. The molecule has 0 aliphatic heterocycles. The molecule has 18 heavy (non-hydrogen) atoms. The maximum atomic E-state index is 10.5. The molecule has 0 spiro atoms. The number of halogens is 1. The van der Waals surface area contributed by atoms with Crippen molar-refractivity contribution in [3.8, 4) is 0 Å². The lowest BCUT2D eigenvalue weighted by Crippen LogP contribution is -2.39. The summed E-state index contributed by atoms with van der Waals surface area (Å²) < 4.78 is 0.711. The summed E-state index contributed by atoms with van der Waals surface area (Å²) in [6.07, 6.45) is 2.64. The van der Waals surface area contributed by atoms with Crippen molar-refractivity contribution >= 4 is 27.8 Å². The lowest BCUT2D eigenvalue weighted by atomic mass is 9.91. The number of rotatable bonds is 3. The molecule has 1 aliphatic carbocycles. The highest BCUT2D eigenvalue weighted by molar-refractivity contribution is 9.10. The molecule has 0 unspecified atom stereocenters. The topological polar surface area (TPSA) is 87.1 Å². The standard InChI is InChI=1S/C11H15BrN4O2/c12-9-5-6-10(16-15-9)13-7-1-3-8(4-2-7)14-11(17)18/h5-8,14H,1-4H2,(H,13,16)(H,17,18)/t7-,8-. The van der Waals surface area contributed by atoms with Crippen LogP contribution < -0.4 is 10.6 Å². The highest BCUT2D eigenvalue weighted by Crippen LogP contribution is 2.21. The third-order valence-corrected chi connectivity index (χ3v) is 3.46. The van der Waals surface area contributed by atoms with Gasteiger partial charge in [-0.05, 0) is 53.7 Å².